The SMILES string of the molecule is O=S(=O)(Cc1ccccc1F)NCc1nnc2cc(C(F)(F)F)ccn12. The van der Waals surface area contributed by atoms with Crippen LogP contribution < -0.4 is 4.72 Å². The first-order valence-electron chi connectivity index (χ1n) is 7.27. The van der Waals surface area contributed by atoms with Crippen molar-refractivity contribution >= 4 is 15.7 Å². The van der Waals surface area contributed by atoms with Gasteiger partial charge in [0.2, 0.25) is 10.0 Å². The summed E-state index contributed by atoms with van der Waals surface area (Å²) in [7, 11) is -3.88. The van der Waals surface area contributed by atoms with Crippen molar-refractivity contribution in [1.82, 2.24) is 19.3 Å². The van der Waals surface area contributed by atoms with E-state index in [1.165, 1.54) is 22.6 Å². The van der Waals surface area contributed by atoms with E-state index in [9.17, 15) is 26.0 Å². The molecule has 0 spiro atoms. The molecule has 0 aliphatic heterocycles. The van der Waals surface area contributed by atoms with Gasteiger partial charge in [0.15, 0.2) is 11.5 Å². The second kappa shape index (κ2) is 6.65. The summed E-state index contributed by atoms with van der Waals surface area (Å²) in [6.45, 7) is -0.302. The Hall–Kier alpha value is -2.53. The third-order valence-electron chi connectivity index (χ3n) is 3.56. The van der Waals surface area contributed by atoms with E-state index in [0.717, 1.165) is 24.4 Å². The largest absolute Gasteiger partial charge is 0.416 e. The maximum Gasteiger partial charge on any atom is 0.416 e. The quantitative estimate of drug-likeness (QED) is 0.682. The average molecular weight is 388 g/mol. The van der Waals surface area contributed by atoms with Gasteiger partial charge in [-0.3, -0.25) is 4.40 Å². The van der Waals surface area contributed by atoms with E-state index >= 15 is 0 Å². The number of nitrogens with zero attached hydrogens (tertiary/aromatic N) is 3. The molecule has 0 bridgehead atoms. The van der Waals surface area contributed by atoms with Crippen molar-refractivity contribution in [2.45, 2.75) is 18.5 Å². The number of sulfonamides is 1. The number of rotatable bonds is 5. The summed E-state index contributed by atoms with van der Waals surface area (Å²) in [6.07, 6.45) is -3.41. The zero-order valence-electron chi connectivity index (χ0n) is 13.0. The number of halogens is 4. The first-order valence-corrected chi connectivity index (χ1v) is 8.92. The van der Waals surface area contributed by atoms with Crippen LogP contribution in [-0.2, 0) is 28.5 Å². The number of fused-ring (bicyclic) bond motifs is 1. The van der Waals surface area contributed by atoms with E-state index in [4.69, 9.17) is 0 Å². The van der Waals surface area contributed by atoms with Crippen LogP contribution >= 0.6 is 0 Å². The molecule has 1 N–H and O–H groups in total. The zero-order chi connectivity index (χ0) is 18.9. The molecule has 0 aliphatic rings. The highest BCUT2D eigenvalue weighted by Gasteiger charge is 2.31. The highest BCUT2D eigenvalue weighted by atomic mass is 32.2. The lowest BCUT2D eigenvalue weighted by molar-refractivity contribution is -0.137. The number of aromatic nitrogens is 3. The smallest absolute Gasteiger partial charge is 0.285 e. The Balaban J connectivity index is 1.76. The van der Waals surface area contributed by atoms with Crippen molar-refractivity contribution in [1.29, 1.82) is 0 Å². The van der Waals surface area contributed by atoms with Gasteiger partial charge in [-0.05, 0) is 18.2 Å². The van der Waals surface area contributed by atoms with Crippen LogP contribution in [0.5, 0.6) is 0 Å². The zero-order valence-corrected chi connectivity index (χ0v) is 13.9. The summed E-state index contributed by atoms with van der Waals surface area (Å²) in [6, 6.07) is 7.10. The standard InChI is InChI=1S/C15H12F4N4O2S/c16-12-4-2-1-3-10(12)9-26(24,25)20-8-14-22-21-13-7-11(15(17,18)19)5-6-23(13)14/h1-7,20H,8-9H2. The first kappa shape index (κ1) is 18.3. The van der Waals surface area contributed by atoms with E-state index in [1.807, 2.05) is 0 Å². The molecule has 1 aromatic carbocycles. The highest BCUT2D eigenvalue weighted by Crippen LogP contribution is 2.29. The van der Waals surface area contributed by atoms with Gasteiger partial charge in [0.1, 0.15) is 5.82 Å². The predicted molar refractivity (Wildman–Crippen MR) is 83.9 cm³/mol. The second-order valence-corrected chi connectivity index (χ2v) is 7.24. The molecule has 3 aromatic rings. The van der Waals surface area contributed by atoms with Gasteiger partial charge in [-0.15, -0.1) is 10.2 Å². The van der Waals surface area contributed by atoms with Crippen LogP contribution in [0.1, 0.15) is 17.0 Å². The third kappa shape index (κ3) is 3.99. The van der Waals surface area contributed by atoms with Crippen molar-refractivity contribution in [3.05, 3.63) is 65.4 Å². The molecule has 6 nitrogen and oxygen atoms in total. The Morgan fingerprint density at radius 1 is 1.12 bits per heavy atom. The fourth-order valence-corrected chi connectivity index (χ4v) is 3.38. The van der Waals surface area contributed by atoms with Crippen LogP contribution in [-0.4, -0.2) is 23.0 Å². The summed E-state index contributed by atoms with van der Waals surface area (Å²) in [5.74, 6) is -1.12. The Kier molecular flexibility index (Phi) is 4.67. The molecule has 3 rings (SSSR count). The van der Waals surface area contributed by atoms with Crippen LogP contribution in [0.25, 0.3) is 5.65 Å². The normalized spacial score (nSPS) is 12.6. The minimum absolute atomic E-state index is 0.000852. The molecule has 0 radical (unpaired) electrons. The number of hydrogen-bond donors (Lipinski definition) is 1. The molecule has 2 heterocycles. The van der Waals surface area contributed by atoms with Gasteiger partial charge in [0, 0.05) is 11.8 Å². The van der Waals surface area contributed by atoms with Crippen LogP contribution in [0.4, 0.5) is 17.6 Å². The van der Waals surface area contributed by atoms with Crippen LogP contribution in [0, 0.1) is 5.82 Å². The molecule has 11 heteroatoms. The molecule has 0 atom stereocenters. The number of benzene rings is 1. The Bertz CT molecular complexity index is 1050. The third-order valence-corrected chi connectivity index (χ3v) is 4.84. The molecule has 0 aliphatic carbocycles. The maximum atomic E-state index is 13.6. The van der Waals surface area contributed by atoms with Gasteiger partial charge >= 0.3 is 6.18 Å². The molecular formula is C15H12F4N4O2S. The lowest BCUT2D eigenvalue weighted by atomic mass is 10.2. The molecule has 0 amide bonds. The maximum absolute atomic E-state index is 13.6. The summed E-state index contributed by atoms with van der Waals surface area (Å²) < 4.78 is 79.3. The van der Waals surface area contributed by atoms with E-state index in [2.05, 4.69) is 14.9 Å². The van der Waals surface area contributed by atoms with Gasteiger partial charge in [0.25, 0.3) is 0 Å². The number of hydrogen-bond acceptors (Lipinski definition) is 4. The Labute approximate surface area is 145 Å². The van der Waals surface area contributed by atoms with Crippen molar-refractivity contribution in [3.63, 3.8) is 0 Å². The van der Waals surface area contributed by atoms with E-state index < -0.39 is 33.3 Å². The van der Waals surface area contributed by atoms with E-state index in [1.54, 1.807) is 0 Å². The Morgan fingerprint density at radius 2 is 1.85 bits per heavy atom. The molecule has 0 saturated carbocycles. The summed E-state index contributed by atoms with van der Waals surface area (Å²) in [5.41, 5.74) is -0.951. The van der Waals surface area contributed by atoms with Crippen molar-refractivity contribution in [2.24, 2.45) is 0 Å². The number of nitrogens with one attached hydrogen (secondary N) is 1. The van der Waals surface area contributed by atoms with Crippen LogP contribution in [0.3, 0.4) is 0 Å². The van der Waals surface area contributed by atoms with Gasteiger partial charge in [-0.25, -0.2) is 17.5 Å². The molecule has 0 fully saturated rings. The summed E-state index contributed by atoms with van der Waals surface area (Å²) in [5, 5.41) is 7.30. The first-order chi connectivity index (χ1) is 12.2. The fraction of sp³-hybridized carbons (Fsp3) is 0.200. The van der Waals surface area contributed by atoms with Gasteiger partial charge in [-0.2, -0.15) is 13.2 Å². The predicted octanol–water partition coefficient (Wildman–Crippen LogP) is 2.51. The molecule has 2 aromatic heterocycles. The lowest BCUT2D eigenvalue weighted by Crippen LogP contribution is -2.26. The average Bonchev–Trinajstić information content (AvgIpc) is 2.97. The van der Waals surface area contributed by atoms with Crippen molar-refractivity contribution in [3.8, 4) is 0 Å². The van der Waals surface area contributed by atoms with Gasteiger partial charge in [-0.1, -0.05) is 18.2 Å². The van der Waals surface area contributed by atoms with Crippen molar-refractivity contribution < 1.29 is 26.0 Å². The highest BCUT2D eigenvalue weighted by molar-refractivity contribution is 7.88. The summed E-state index contributed by atoms with van der Waals surface area (Å²) in [4.78, 5) is 0. The van der Waals surface area contributed by atoms with Crippen LogP contribution in [0.2, 0.25) is 0 Å². The van der Waals surface area contributed by atoms with Gasteiger partial charge in [0.05, 0.1) is 17.9 Å². The topological polar surface area (TPSA) is 76.4 Å². The summed E-state index contributed by atoms with van der Waals surface area (Å²) >= 11 is 0. The minimum Gasteiger partial charge on any atom is -0.285 e. The van der Waals surface area contributed by atoms with Crippen molar-refractivity contribution in [2.75, 3.05) is 0 Å². The molecule has 138 valence electrons. The van der Waals surface area contributed by atoms with Gasteiger partial charge < -0.3 is 0 Å². The van der Waals surface area contributed by atoms with Crippen LogP contribution in [0.15, 0.2) is 42.6 Å². The minimum atomic E-state index is -4.52. The second-order valence-electron chi connectivity index (χ2n) is 5.43. The number of pyridine rings is 1. The number of alkyl halides is 3. The molecule has 0 saturated heterocycles. The fourth-order valence-electron chi connectivity index (χ4n) is 2.28. The molecule has 26 heavy (non-hydrogen) atoms. The lowest BCUT2D eigenvalue weighted by Gasteiger charge is -2.08. The monoisotopic (exact) mass is 388 g/mol. The van der Waals surface area contributed by atoms with E-state index in [0.29, 0.717) is 0 Å². The molecule has 0 unspecified atom stereocenters. The molecular weight excluding hydrogens is 376 g/mol. The van der Waals surface area contributed by atoms with E-state index in [-0.39, 0.29) is 23.6 Å². The Morgan fingerprint density at radius 3 is 2.54 bits per heavy atom.